The summed E-state index contributed by atoms with van der Waals surface area (Å²) in [6, 6.07) is 13.5. The number of nitrogens with zero attached hydrogens (tertiary/aromatic N) is 3. The second kappa shape index (κ2) is 9.27. The lowest BCUT2D eigenvalue weighted by Crippen LogP contribution is -2.32. The van der Waals surface area contributed by atoms with Crippen molar-refractivity contribution < 1.29 is 9.59 Å². The van der Waals surface area contributed by atoms with Crippen LogP contribution in [0.3, 0.4) is 0 Å². The second-order valence-electron chi connectivity index (χ2n) is 6.06. The highest BCUT2D eigenvalue weighted by atomic mass is 16.2. The molecule has 3 aromatic rings. The van der Waals surface area contributed by atoms with Crippen molar-refractivity contribution in [2.45, 2.75) is 6.92 Å². The molecule has 0 spiro atoms. The minimum Gasteiger partial charge on any atom is -0.355 e. The zero-order chi connectivity index (χ0) is 19.8. The van der Waals surface area contributed by atoms with E-state index in [0.717, 1.165) is 22.5 Å². The zero-order valence-electron chi connectivity index (χ0n) is 15.5. The fourth-order valence-corrected chi connectivity index (χ4v) is 2.60. The number of benzene rings is 1. The molecule has 0 aliphatic carbocycles. The maximum atomic E-state index is 12.0. The molecule has 2 amide bonds. The summed E-state index contributed by atoms with van der Waals surface area (Å²) in [5.41, 5.74) is 3.32. The SMILES string of the molecule is CC(=O)NCCNC(=O)/C=C/c1cn(-c2ccccc2)nc1-c1cccnc1. The van der Waals surface area contributed by atoms with Gasteiger partial charge in [0.25, 0.3) is 0 Å². The number of carbonyl (C=O) groups excluding carboxylic acids is 2. The van der Waals surface area contributed by atoms with Crippen LogP contribution in [0.25, 0.3) is 23.0 Å². The van der Waals surface area contributed by atoms with Crippen LogP contribution in [0.2, 0.25) is 0 Å². The fraction of sp³-hybridized carbons (Fsp3) is 0.143. The highest BCUT2D eigenvalue weighted by Crippen LogP contribution is 2.24. The Bertz CT molecular complexity index is 965. The van der Waals surface area contributed by atoms with Crippen LogP contribution in [-0.2, 0) is 9.59 Å². The van der Waals surface area contributed by atoms with E-state index in [1.807, 2.05) is 48.7 Å². The molecule has 0 radical (unpaired) electrons. The Morgan fingerprint density at radius 1 is 1.07 bits per heavy atom. The minimum absolute atomic E-state index is 0.126. The molecule has 7 heteroatoms. The van der Waals surface area contributed by atoms with Crippen molar-refractivity contribution in [3.63, 3.8) is 0 Å². The largest absolute Gasteiger partial charge is 0.355 e. The third-order valence-corrected chi connectivity index (χ3v) is 3.91. The Hall–Kier alpha value is -3.74. The molecule has 0 aliphatic rings. The molecule has 0 fully saturated rings. The van der Waals surface area contributed by atoms with Crippen LogP contribution in [0.1, 0.15) is 12.5 Å². The summed E-state index contributed by atoms with van der Waals surface area (Å²) in [7, 11) is 0. The van der Waals surface area contributed by atoms with Gasteiger partial charge in [-0.05, 0) is 30.3 Å². The third-order valence-electron chi connectivity index (χ3n) is 3.91. The third kappa shape index (κ3) is 5.14. The van der Waals surface area contributed by atoms with E-state index in [-0.39, 0.29) is 11.8 Å². The number of aromatic nitrogens is 3. The molecule has 0 bridgehead atoms. The van der Waals surface area contributed by atoms with E-state index < -0.39 is 0 Å². The Kier molecular flexibility index (Phi) is 6.30. The molecule has 28 heavy (non-hydrogen) atoms. The molecule has 0 saturated carbocycles. The van der Waals surface area contributed by atoms with Crippen molar-refractivity contribution in [1.82, 2.24) is 25.4 Å². The van der Waals surface area contributed by atoms with Crippen LogP contribution in [0.5, 0.6) is 0 Å². The molecule has 2 N–H and O–H groups in total. The zero-order valence-corrected chi connectivity index (χ0v) is 15.5. The number of para-hydroxylation sites is 1. The van der Waals surface area contributed by atoms with Gasteiger partial charge in [-0.1, -0.05) is 18.2 Å². The van der Waals surface area contributed by atoms with Crippen LogP contribution in [0, 0.1) is 0 Å². The van der Waals surface area contributed by atoms with E-state index >= 15 is 0 Å². The monoisotopic (exact) mass is 375 g/mol. The van der Waals surface area contributed by atoms with Gasteiger partial charge in [0.15, 0.2) is 0 Å². The molecule has 0 atom stereocenters. The first-order valence-electron chi connectivity index (χ1n) is 8.89. The van der Waals surface area contributed by atoms with Crippen LogP contribution in [-0.4, -0.2) is 39.7 Å². The predicted molar refractivity (Wildman–Crippen MR) is 108 cm³/mol. The molecule has 2 heterocycles. The normalized spacial score (nSPS) is 10.8. The number of amides is 2. The van der Waals surface area contributed by atoms with Crippen LogP contribution in [0.15, 0.2) is 67.1 Å². The Morgan fingerprint density at radius 2 is 1.86 bits per heavy atom. The van der Waals surface area contributed by atoms with Crippen LogP contribution >= 0.6 is 0 Å². The summed E-state index contributed by atoms with van der Waals surface area (Å²) in [6.07, 6.45) is 8.50. The lowest BCUT2D eigenvalue weighted by molar-refractivity contribution is -0.119. The van der Waals surface area contributed by atoms with Crippen molar-refractivity contribution >= 4 is 17.9 Å². The fourth-order valence-electron chi connectivity index (χ4n) is 2.60. The first kappa shape index (κ1) is 19.0. The minimum atomic E-state index is -0.241. The molecule has 1 aromatic carbocycles. The van der Waals surface area contributed by atoms with Crippen molar-refractivity contribution in [2.24, 2.45) is 0 Å². The van der Waals surface area contributed by atoms with E-state index in [4.69, 9.17) is 0 Å². The van der Waals surface area contributed by atoms with E-state index in [1.54, 1.807) is 23.2 Å². The summed E-state index contributed by atoms with van der Waals surface area (Å²) in [4.78, 5) is 27.0. The summed E-state index contributed by atoms with van der Waals surface area (Å²) >= 11 is 0. The molecule has 0 saturated heterocycles. The Labute approximate surface area is 163 Å². The molecule has 3 rings (SSSR count). The van der Waals surface area contributed by atoms with Gasteiger partial charge < -0.3 is 10.6 Å². The maximum Gasteiger partial charge on any atom is 0.244 e. The predicted octanol–water partition coefficient (Wildman–Crippen LogP) is 2.20. The van der Waals surface area contributed by atoms with Gasteiger partial charge in [-0.2, -0.15) is 5.10 Å². The van der Waals surface area contributed by atoms with E-state index in [0.29, 0.717) is 13.1 Å². The Morgan fingerprint density at radius 3 is 2.57 bits per heavy atom. The van der Waals surface area contributed by atoms with Crippen molar-refractivity contribution in [1.29, 1.82) is 0 Å². The van der Waals surface area contributed by atoms with Crippen molar-refractivity contribution in [3.8, 4) is 16.9 Å². The maximum absolute atomic E-state index is 12.0. The average Bonchev–Trinajstić information content (AvgIpc) is 3.15. The second-order valence-corrected chi connectivity index (χ2v) is 6.06. The highest BCUT2D eigenvalue weighted by molar-refractivity contribution is 5.92. The summed E-state index contributed by atoms with van der Waals surface area (Å²) < 4.78 is 1.77. The lowest BCUT2D eigenvalue weighted by atomic mass is 10.1. The molecule has 142 valence electrons. The smallest absolute Gasteiger partial charge is 0.244 e. The van der Waals surface area contributed by atoms with E-state index in [2.05, 4.69) is 20.7 Å². The molecular formula is C21H21N5O2. The van der Waals surface area contributed by atoms with Gasteiger partial charge in [0, 0.05) is 55.8 Å². The first-order valence-corrected chi connectivity index (χ1v) is 8.89. The van der Waals surface area contributed by atoms with E-state index in [1.165, 1.54) is 13.0 Å². The topological polar surface area (TPSA) is 88.9 Å². The standard InChI is InChI=1S/C21H21N5O2/c1-16(27)23-12-13-24-20(28)10-9-18-15-26(19-7-3-2-4-8-19)25-21(18)17-6-5-11-22-14-17/h2-11,14-15H,12-13H2,1H3,(H,23,27)(H,24,28)/b10-9+. The van der Waals surface area contributed by atoms with Gasteiger partial charge in [0.05, 0.1) is 5.69 Å². The number of hydrogen-bond acceptors (Lipinski definition) is 4. The number of rotatable bonds is 7. The molecule has 2 aromatic heterocycles. The van der Waals surface area contributed by atoms with Crippen LogP contribution in [0.4, 0.5) is 0 Å². The van der Waals surface area contributed by atoms with Gasteiger partial charge in [-0.25, -0.2) is 4.68 Å². The summed E-state index contributed by atoms with van der Waals surface area (Å²) in [6.45, 7) is 2.19. The molecular weight excluding hydrogens is 354 g/mol. The number of carbonyl (C=O) groups is 2. The highest BCUT2D eigenvalue weighted by Gasteiger charge is 2.11. The molecule has 0 aliphatic heterocycles. The van der Waals surface area contributed by atoms with Gasteiger partial charge >= 0.3 is 0 Å². The quantitative estimate of drug-likeness (QED) is 0.489. The molecule has 7 nitrogen and oxygen atoms in total. The number of nitrogens with one attached hydrogen (secondary N) is 2. The van der Waals surface area contributed by atoms with Crippen molar-refractivity contribution in [3.05, 3.63) is 72.7 Å². The summed E-state index contributed by atoms with van der Waals surface area (Å²) in [5.74, 6) is -0.367. The van der Waals surface area contributed by atoms with E-state index in [9.17, 15) is 9.59 Å². The van der Waals surface area contributed by atoms with Crippen molar-refractivity contribution in [2.75, 3.05) is 13.1 Å². The van der Waals surface area contributed by atoms with Gasteiger partial charge in [0.1, 0.15) is 5.69 Å². The number of pyridine rings is 1. The average molecular weight is 375 g/mol. The lowest BCUT2D eigenvalue weighted by Gasteiger charge is -2.02. The Balaban J connectivity index is 1.80. The summed E-state index contributed by atoms with van der Waals surface area (Å²) in [5, 5.41) is 10.0. The molecule has 0 unspecified atom stereocenters. The van der Waals surface area contributed by atoms with Gasteiger partial charge in [-0.3, -0.25) is 14.6 Å². The first-order chi connectivity index (χ1) is 13.6. The van der Waals surface area contributed by atoms with Gasteiger partial charge in [0.2, 0.25) is 11.8 Å². The number of hydrogen-bond donors (Lipinski definition) is 2. The van der Waals surface area contributed by atoms with Gasteiger partial charge in [-0.15, -0.1) is 0 Å². The van der Waals surface area contributed by atoms with Crippen LogP contribution < -0.4 is 10.6 Å².